The number of hydrogen-bond acceptors (Lipinski definition) is 7. The number of amides is 2. The van der Waals surface area contributed by atoms with Gasteiger partial charge in [0.15, 0.2) is 5.96 Å². The molecule has 0 spiro atoms. The van der Waals surface area contributed by atoms with Crippen LogP contribution >= 0.6 is 0 Å². The summed E-state index contributed by atoms with van der Waals surface area (Å²) in [4.78, 5) is 41.2. The molecule has 2 aliphatic rings. The van der Waals surface area contributed by atoms with Gasteiger partial charge in [-0.15, -0.1) is 0 Å². The number of carbonyl (C=O) groups is 3. The molecule has 158 valence electrons. The van der Waals surface area contributed by atoms with Crippen LogP contribution in [0.4, 0.5) is 0 Å². The number of aliphatic carboxylic acids is 1. The first-order chi connectivity index (χ1) is 13.4. The van der Waals surface area contributed by atoms with Crippen molar-refractivity contribution in [1.82, 2.24) is 20.9 Å². The van der Waals surface area contributed by atoms with Gasteiger partial charge in [0.05, 0.1) is 18.6 Å². The first-order valence-corrected chi connectivity index (χ1v) is 9.85. The molecule has 0 radical (unpaired) electrons. The summed E-state index contributed by atoms with van der Waals surface area (Å²) in [6, 6.07) is 0. The van der Waals surface area contributed by atoms with Crippen LogP contribution in [0.1, 0.15) is 32.6 Å². The number of aliphatic hydroxyl groups excluding tert-OH is 1. The van der Waals surface area contributed by atoms with E-state index in [1.807, 2.05) is 0 Å². The van der Waals surface area contributed by atoms with E-state index in [-0.39, 0.29) is 24.3 Å². The third-order valence-electron chi connectivity index (χ3n) is 5.05. The number of aliphatic hydroxyl groups is 1. The Hall–Kier alpha value is -2.36. The van der Waals surface area contributed by atoms with Gasteiger partial charge in [-0.1, -0.05) is 6.92 Å². The maximum Gasteiger partial charge on any atom is 0.308 e. The lowest BCUT2D eigenvalue weighted by atomic mass is 9.95. The number of piperidine rings is 1. The molecule has 2 rings (SSSR count). The maximum atomic E-state index is 12.3. The highest BCUT2D eigenvalue weighted by Crippen LogP contribution is 2.18. The third kappa shape index (κ3) is 6.99. The maximum absolute atomic E-state index is 12.3. The number of carbonyl (C=O) groups excluding carboxylic acids is 2. The highest BCUT2D eigenvalue weighted by atomic mass is 16.4. The molecule has 0 saturated carbocycles. The fourth-order valence-corrected chi connectivity index (χ4v) is 3.13. The molecular weight excluding hydrogens is 366 g/mol. The Bertz CT molecular complexity index is 589. The lowest BCUT2D eigenvalue weighted by Crippen LogP contribution is -2.46. The fraction of sp³-hybridized carbons (Fsp3) is 0.778. The monoisotopic (exact) mass is 397 g/mol. The number of rotatable bonds is 8. The van der Waals surface area contributed by atoms with Gasteiger partial charge in [-0.05, 0) is 19.3 Å². The molecule has 5 N–H and O–H groups in total. The summed E-state index contributed by atoms with van der Waals surface area (Å²) in [5, 5.41) is 27.0. The molecule has 0 aromatic heterocycles. The van der Waals surface area contributed by atoms with Crippen molar-refractivity contribution in [3.05, 3.63) is 0 Å². The summed E-state index contributed by atoms with van der Waals surface area (Å²) in [5.41, 5.74) is 0. The van der Waals surface area contributed by atoms with Crippen LogP contribution in [-0.2, 0) is 14.4 Å². The number of carboxylic acids is 1. The van der Waals surface area contributed by atoms with Crippen LogP contribution in [0.15, 0.2) is 4.99 Å². The Morgan fingerprint density at radius 2 is 2.04 bits per heavy atom. The second-order valence-electron chi connectivity index (χ2n) is 7.39. The van der Waals surface area contributed by atoms with Crippen LogP contribution in [0.2, 0.25) is 0 Å². The molecule has 2 heterocycles. The molecule has 28 heavy (non-hydrogen) atoms. The lowest BCUT2D eigenvalue weighted by Gasteiger charge is -2.31. The van der Waals surface area contributed by atoms with Crippen molar-refractivity contribution in [3.63, 3.8) is 0 Å². The number of carboxylic acid groups (broad SMARTS) is 1. The first kappa shape index (κ1) is 21.9. The second-order valence-corrected chi connectivity index (χ2v) is 7.39. The Morgan fingerprint density at radius 1 is 1.32 bits per heavy atom. The Morgan fingerprint density at radius 3 is 2.64 bits per heavy atom. The van der Waals surface area contributed by atoms with Gasteiger partial charge in [-0.3, -0.25) is 19.4 Å². The molecule has 0 aromatic carbocycles. The van der Waals surface area contributed by atoms with E-state index in [1.165, 1.54) is 0 Å². The van der Waals surface area contributed by atoms with Crippen molar-refractivity contribution in [1.29, 1.82) is 0 Å². The van der Waals surface area contributed by atoms with Crippen molar-refractivity contribution >= 4 is 23.7 Å². The normalized spacial score (nSPS) is 21.3. The van der Waals surface area contributed by atoms with E-state index in [0.29, 0.717) is 64.4 Å². The quantitative estimate of drug-likeness (QED) is 0.322. The zero-order valence-electron chi connectivity index (χ0n) is 16.3. The SMILES string of the molecule is C[C@@H](CNC(=O)C1CCN(C(=O)CCCNC2=NCC(O)CN2)CC1)C(=O)O. The number of nitrogens with zero attached hydrogens (tertiary/aromatic N) is 2. The Kier molecular flexibility index (Phi) is 8.49. The number of nitrogens with one attached hydrogen (secondary N) is 3. The van der Waals surface area contributed by atoms with Crippen molar-refractivity contribution < 1.29 is 24.6 Å². The average molecular weight is 397 g/mol. The summed E-state index contributed by atoms with van der Waals surface area (Å²) in [6.07, 6.45) is 1.85. The summed E-state index contributed by atoms with van der Waals surface area (Å²) in [7, 11) is 0. The summed E-state index contributed by atoms with van der Waals surface area (Å²) < 4.78 is 0. The van der Waals surface area contributed by atoms with Gasteiger partial charge in [-0.25, -0.2) is 0 Å². The van der Waals surface area contributed by atoms with Crippen molar-refractivity contribution in [2.45, 2.75) is 38.7 Å². The fourth-order valence-electron chi connectivity index (χ4n) is 3.13. The van der Waals surface area contributed by atoms with Gasteiger partial charge in [-0.2, -0.15) is 0 Å². The number of β-amino-alcohol motifs (C(OH)–C–C–N with tert-alkyl or cyclic N) is 1. The summed E-state index contributed by atoms with van der Waals surface area (Å²) in [6.45, 7) is 4.25. The standard InChI is InChI=1S/C18H31N5O5/c1-12(17(27)28)9-20-16(26)13-4-7-23(8-5-13)15(25)3-2-6-19-18-21-10-14(24)11-22-18/h12-14,24H,2-11H2,1H3,(H,20,26)(H,27,28)(H2,19,21,22)/t12-/m0/s1. The van der Waals surface area contributed by atoms with E-state index >= 15 is 0 Å². The van der Waals surface area contributed by atoms with Crippen molar-refractivity contribution in [2.24, 2.45) is 16.8 Å². The molecular formula is C18H31N5O5. The van der Waals surface area contributed by atoms with E-state index in [9.17, 15) is 19.5 Å². The predicted molar refractivity (Wildman–Crippen MR) is 103 cm³/mol. The minimum Gasteiger partial charge on any atom is -0.481 e. The first-order valence-electron chi connectivity index (χ1n) is 9.85. The molecule has 2 atom stereocenters. The molecule has 1 unspecified atom stereocenters. The molecule has 10 heteroatoms. The van der Waals surface area contributed by atoms with Crippen molar-refractivity contribution in [2.75, 3.05) is 39.3 Å². The molecule has 2 amide bonds. The van der Waals surface area contributed by atoms with E-state index in [0.717, 1.165) is 0 Å². The van der Waals surface area contributed by atoms with Crippen LogP contribution in [0.25, 0.3) is 0 Å². The molecule has 0 aromatic rings. The minimum atomic E-state index is -0.931. The highest BCUT2D eigenvalue weighted by molar-refractivity contribution is 5.81. The van der Waals surface area contributed by atoms with Crippen molar-refractivity contribution in [3.8, 4) is 0 Å². The third-order valence-corrected chi connectivity index (χ3v) is 5.05. The van der Waals surface area contributed by atoms with Gasteiger partial charge in [0, 0.05) is 45.1 Å². The van der Waals surface area contributed by atoms with Crippen LogP contribution in [-0.4, -0.2) is 84.2 Å². The largest absolute Gasteiger partial charge is 0.481 e. The number of hydrogen-bond donors (Lipinski definition) is 5. The van der Waals surface area contributed by atoms with E-state index < -0.39 is 18.0 Å². The minimum absolute atomic E-state index is 0.0779. The van der Waals surface area contributed by atoms with Gasteiger partial charge in [0.25, 0.3) is 0 Å². The number of likely N-dealkylation sites (tertiary alicyclic amines) is 1. The number of aliphatic imine (C=N–C) groups is 1. The van der Waals surface area contributed by atoms with Gasteiger partial charge < -0.3 is 31.1 Å². The molecule has 10 nitrogen and oxygen atoms in total. The molecule has 2 aliphatic heterocycles. The second kappa shape index (κ2) is 10.8. The number of guanidine groups is 1. The van der Waals surface area contributed by atoms with Gasteiger partial charge >= 0.3 is 5.97 Å². The van der Waals surface area contributed by atoms with Crippen LogP contribution in [0.3, 0.4) is 0 Å². The summed E-state index contributed by atoms with van der Waals surface area (Å²) in [5.74, 6) is -1.11. The average Bonchev–Trinajstić information content (AvgIpc) is 2.70. The van der Waals surface area contributed by atoms with Gasteiger partial charge in [0.1, 0.15) is 0 Å². The lowest BCUT2D eigenvalue weighted by molar-refractivity contribution is -0.141. The zero-order valence-corrected chi connectivity index (χ0v) is 16.3. The molecule has 1 saturated heterocycles. The zero-order chi connectivity index (χ0) is 20.5. The predicted octanol–water partition coefficient (Wildman–Crippen LogP) is -1.25. The van der Waals surface area contributed by atoms with Crippen LogP contribution < -0.4 is 16.0 Å². The smallest absolute Gasteiger partial charge is 0.308 e. The Balaban J connectivity index is 1.59. The van der Waals surface area contributed by atoms with E-state index in [2.05, 4.69) is 20.9 Å². The van der Waals surface area contributed by atoms with Crippen LogP contribution in [0.5, 0.6) is 0 Å². The van der Waals surface area contributed by atoms with Crippen LogP contribution in [0, 0.1) is 11.8 Å². The molecule has 0 aliphatic carbocycles. The highest BCUT2D eigenvalue weighted by Gasteiger charge is 2.27. The molecule has 0 bridgehead atoms. The molecule has 1 fully saturated rings. The topological polar surface area (TPSA) is 143 Å². The summed E-state index contributed by atoms with van der Waals surface area (Å²) >= 11 is 0. The van der Waals surface area contributed by atoms with E-state index in [1.54, 1.807) is 11.8 Å². The Labute approximate surface area is 164 Å². The van der Waals surface area contributed by atoms with E-state index in [4.69, 9.17) is 5.11 Å². The van der Waals surface area contributed by atoms with Gasteiger partial charge in [0.2, 0.25) is 11.8 Å².